The average molecular weight is 134 g/mol. The Morgan fingerprint density at radius 2 is 2.60 bits per heavy atom. The van der Waals surface area contributed by atoms with E-state index < -0.39 is 0 Å². The van der Waals surface area contributed by atoms with Crippen LogP contribution in [0.4, 0.5) is 5.69 Å². The molecule has 4 nitrogen and oxygen atoms in total. The second-order valence-corrected chi connectivity index (χ2v) is 1.70. The van der Waals surface area contributed by atoms with E-state index in [-0.39, 0.29) is 0 Å². The molecule has 0 saturated heterocycles. The summed E-state index contributed by atoms with van der Waals surface area (Å²) in [5.41, 5.74) is 5.94. The van der Waals surface area contributed by atoms with Gasteiger partial charge in [-0.25, -0.2) is 4.68 Å². The van der Waals surface area contributed by atoms with Crippen LogP contribution in [-0.2, 0) is 0 Å². The van der Waals surface area contributed by atoms with Gasteiger partial charge in [0, 0.05) is 12.3 Å². The first-order valence-electron chi connectivity index (χ1n) is 2.69. The fourth-order valence-electron chi connectivity index (χ4n) is 0.544. The van der Waals surface area contributed by atoms with Crippen molar-refractivity contribution in [1.29, 1.82) is 5.26 Å². The van der Waals surface area contributed by atoms with Crippen LogP contribution in [0.2, 0.25) is 0 Å². The summed E-state index contributed by atoms with van der Waals surface area (Å²) in [5.74, 6) is 0. The van der Waals surface area contributed by atoms with Gasteiger partial charge < -0.3 is 5.73 Å². The maximum absolute atomic E-state index is 8.13. The highest BCUT2D eigenvalue weighted by atomic mass is 15.3. The highest BCUT2D eigenvalue weighted by Crippen LogP contribution is 1.96. The molecule has 4 heteroatoms. The van der Waals surface area contributed by atoms with Crippen LogP contribution in [0.5, 0.6) is 0 Å². The molecule has 0 spiro atoms. The quantitative estimate of drug-likeness (QED) is 0.567. The van der Waals surface area contributed by atoms with Crippen LogP contribution in [-0.4, -0.2) is 9.78 Å². The van der Waals surface area contributed by atoms with Crippen molar-refractivity contribution in [3.63, 3.8) is 0 Å². The van der Waals surface area contributed by atoms with Gasteiger partial charge in [-0.15, -0.1) is 0 Å². The Bertz CT molecular complexity index is 278. The number of rotatable bonds is 1. The number of anilines is 1. The van der Waals surface area contributed by atoms with Crippen LogP contribution >= 0.6 is 0 Å². The molecule has 0 unspecified atom stereocenters. The van der Waals surface area contributed by atoms with Crippen LogP contribution in [0, 0.1) is 11.3 Å². The van der Waals surface area contributed by atoms with E-state index in [4.69, 9.17) is 11.0 Å². The van der Waals surface area contributed by atoms with Gasteiger partial charge >= 0.3 is 0 Å². The van der Waals surface area contributed by atoms with E-state index in [1.165, 1.54) is 23.2 Å². The fourth-order valence-corrected chi connectivity index (χ4v) is 0.544. The summed E-state index contributed by atoms with van der Waals surface area (Å²) in [6.45, 7) is 0. The van der Waals surface area contributed by atoms with E-state index in [0.29, 0.717) is 5.69 Å². The summed E-state index contributed by atoms with van der Waals surface area (Å²) in [6.07, 6.45) is 5.98. The first-order valence-corrected chi connectivity index (χ1v) is 2.69. The molecule has 0 aliphatic carbocycles. The average Bonchev–Trinajstić information content (AvgIpc) is 2.31. The van der Waals surface area contributed by atoms with Crippen LogP contribution < -0.4 is 5.73 Å². The molecule has 1 aromatic heterocycles. The van der Waals surface area contributed by atoms with Crippen molar-refractivity contribution < 1.29 is 0 Å². The molecule has 1 rings (SSSR count). The number of nitrogen functional groups attached to an aromatic ring is 1. The lowest BCUT2D eigenvalue weighted by atomic mass is 10.6. The topological polar surface area (TPSA) is 67.6 Å². The Kier molecular flexibility index (Phi) is 1.71. The van der Waals surface area contributed by atoms with Gasteiger partial charge in [-0.2, -0.15) is 10.4 Å². The summed E-state index contributed by atoms with van der Waals surface area (Å²) >= 11 is 0. The number of nitrogens with zero attached hydrogens (tertiary/aromatic N) is 3. The molecule has 50 valence electrons. The lowest BCUT2D eigenvalue weighted by Crippen LogP contribution is -1.83. The van der Waals surface area contributed by atoms with Crippen LogP contribution in [0.3, 0.4) is 0 Å². The summed E-state index contributed by atoms with van der Waals surface area (Å²) < 4.78 is 1.47. The second kappa shape index (κ2) is 2.69. The molecule has 0 atom stereocenters. The molecule has 10 heavy (non-hydrogen) atoms. The maximum Gasteiger partial charge on any atom is 0.0928 e. The van der Waals surface area contributed by atoms with Gasteiger partial charge in [0.05, 0.1) is 24.2 Å². The second-order valence-electron chi connectivity index (χ2n) is 1.70. The predicted octanol–water partition coefficient (Wildman–Crippen LogP) is 0.460. The van der Waals surface area contributed by atoms with Gasteiger partial charge in [0.1, 0.15) is 0 Å². The number of hydrogen-bond donors (Lipinski definition) is 1. The van der Waals surface area contributed by atoms with E-state index in [1.807, 2.05) is 6.07 Å². The van der Waals surface area contributed by atoms with Crippen molar-refractivity contribution in [2.45, 2.75) is 0 Å². The highest BCUT2D eigenvalue weighted by Gasteiger charge is 1.86. The molecule has 0 fully saturated rings. The maximum atomic E-state index is 8.13. The van der Waals surface area contributed by atoms with Gasteiger partial charge in [-0.05, 0) is 0 Å². The third-order valence-electron chi connectivity index (χ3n) is 0.923. The molecule has 2 N–H and O–H groups in total. The molecule has 0 aliphatic rings. The van der Waals surface area contributed by atoms with Gasteiger partial charge in [0.15, 0.2) is 0 Å². The zero-order valence-electron chi connectivity index (χ0n) is 5.23. The van der Waals surface area contributed by atoms with Gasteiger partial charge in [0.25, 0.3) is 0 Å². The zero-order valence-corrected chi connectivity index (χ0v) is 5.23. The minimum atomic E-state index is 0.586. The van der Waals surface area contributed by atoms with Crippen LogP contribution in [0.25, 0.3) is 6.20 Å². The number of hydrogen-bond acceptors (Lipinski definition) is 3. The first-order chi connectivity index (χ1) is 4.83. The number of allylic oxidation sites excluding steroid dienone is 1. The third kappa shape index (κ3) is 1.36. The van der Waals surface area contributed by atoms with Crippen LogP contribution in [0.15, 0.2) is 18.5 Å². The molecule has 0 saturated carbocycles. The van der Waals surface area contributed by atoms with Crippen molar-refractivity contribution in [2.75, 3.05) is 5.73 Å². The van der Waals surface area contributed by atoms with Gasteiger partial charge in [0.2, 0.25) is 0 Å². The molecule has 0 amide bonds. The van der Waals surface area contributed by atoms with E-state index in [1.54, 1.807) is 6.20 Å². The Balaban J connectivity index is 2.78. The monoisotopic (exact) mass is 134 g/mol. The molecule has 1 heterocycles. The highest BCUT2D eigenvalue weighted by molar-refractivity contribution is 5.36. The molecule has 0 aromatic carbocycles. The predicted molar refractivity (Wildman–Crippen MR) is 37.6 cm³/mol. The SMILES string of the molecule is N#C/C=C/n1cc(N)cn1. The largest absolute Gasteiger partial charge is 0.396 e. The Morgan fingerprint density at radius 3 is 3.10 bits per heavy atom. The number of aromatic nitrogens is 2. The number of nitriles is 1. The van der Waals surface area contributed by atoms with E-state index in [2.05, 4.69) is 5.10 Å². The van der Waals surface area contributed by atoms with Crippen molar-refractivity contribution in [3.8, 4) is 6.07 Å². The van der Waals surface area contributed by atoms with Crippen molar-refractivity contribution in [3.05, 3.63) is 18.5 Å². The standard InChI is InChI=1S/C6H6N4/c7-2-1-3-10-5-6(8)4-9-10/h1,3-5H,8H2/b3-1+. The minimum absolute atomic E-state index is 0.586. The lowest BCUT2D eigenvalue weighted by molar-refractivity contribution is 0.935. The van der Waals surface area contributed by atoms with E-state index in [9.17, 15) is 0 Å². The summed E-state index contributed by atoms with van der Waals surface area (Å²) in [5, 5.41) is 11.9. The molecular formula is C6H6N4. The van der Waals surface area contributed by atoms with Crippen LogP contribution in [0.1, 0.15) is 0 Å². The summed E-state index contributed by atoms with van der Waals surface area (Å²) in [7, 11) is 0. The third-order valence-corrected chi connectivity index (χ3v) is 0.923. The van der Waals surface area contributed by atoms with E-state index >= 15 is 0 Å². The lowest BCUT2D eigenvalue weighted by Gasteiger charge is -1.83. The molecule has 0 bridgehead atoms. The van der Waals surface area contributed by atoms with Crippen molar-refractivity contribution >= 4 is 11.9 Å². The zero-order chi connectivity index (χ0) is 7.40. The Morgan fingerprint density at radius 1 is 1.80 bits per heavy atom. The van der Waals surface area contributed by atoms with Gasteiger partial charge in [-0.3, -0.25) is 0 Å². The fraction of sp³-hybridized carbons (Fsp3) is 0. The Labute approximate surface area is 58.2 Å². The summed E-state index contributed by atoms with van der Waals surface area (Å²) in [4.78, 5) is 0. The van der Waals surface area contributed by atoms with Crippen molar-refractivity contribution in [1.82, 2.24) is 9.78 Å². The molecular weight excluding hydrogens is 128 g/mol. The van der Waals surface area contributed by atoms with E-state index in [0.717, 1.165) is 0 Å². The first kappa shape index (κ1) is 6.36. The number of nitrogens with two attached hydrogens (primary N) is 1. The molecule has 0 radical (unpaired) electrons. The molecule has 0 aliphatic heterocycles. The minimum Gasteiger partial charge on any atom is -0.396 e. The van der Waals surface area contributed by atoms with Gasteiger partial charge in [-0.1, -0.05) is 0 Å². The van der Waals surface area contributed by atoms with Crippen molar-refractivity contribution in [2.24, 2.45) is 0 Å². The summed E-state index contributed by atoms with van der Waals surface area (Å²) in [6, 6.07) is 1.84. The normalized spacial score (nSPS) is 9.90. The Hall–Kier alpha value is -1.76. The molecule has 1 aromatic rings. The smallest absolute Gasteiger partial charge is 0.0928 e.